The van der Waals surface area contributed by atoms with Gasteiger partial charge in [-0.3, -0.25) is 9.59 Å². The SMILES string of the molecule is CC(C)(C)OC(=O)NC(C(=O)NCC(=O)N1CCC(Oc2ccc(Cl)cn2)C1)C1CCCCC1. The van der Waals surface area contributed by atoms with Gasteiger partial charge in [0.25, 0.3) is 0 Å². The van der Waals surface area contributed by atoms with Gasteiger partial charge in [0.15, 0.2) is 0 Å². The van der Waals surface area contributed by atoms with Crippen LogP contribution in [0.15, 0.2) is 18.3 Å². The molecular formula is C24H35ClN4O5. The second kappa shape index (κ2) is 11.7. The molecule has 1 aliphatic carbocycles. The number of carbonyl (C=O) groups excluding carboxylic acids is 3. The maximum absolute atomic E-state index is 13.0. The summed E-state index contributed by atoms with van der Waals surface area (Å²) in [5.41, 5.74) is -0.663. The Bertz CT molecular complexity index is 852. The van der Waals surface area contributed by atoms with E-state index in [0.29, 0.717) is 30.4 Å². The van der Waals surface area contributed by atoms with E-state index in [9.17, 15) is 14.4 Å². The van der Waals surface area contributed by atoms with Crippen molar-refractivity contribution in [2.75, 3.05) is 19.6 Å². The predicted octanol–water partition coefficient (Wildman–Crippen LogP) is 3.30. The van der Waals surface area contributed by atoms with Crippen LogP contribution in [0.4, 0.5) is 4.79 Å². The zero-order chi connectivity index (χ0) is 24.7. The van der Waals surface area contributed by atoms with Gasteiger partial charge in [-0.2, -0.15) is 0 Å². The number of rotatable bonds is 7. The minimum absolute atomic E-state index is 0.0211. The highest BCUT2D eigenvalue weighted by atomic mass is 35.5. The summed E-state index contributed by atoms with van der Waals surface area (Å²) < 4.78 is 11.2. The molecule has 2 N–H and O–H groups in total. The Morgan fingerprint density at radius 3 is 2.56 bits per heavy atom. The number of hydrogen-bond donors (Lipinski definition) is 2. The van der Waals surface area contributed by atoms with E-state index < -0.39 is 17.7 Å². The molecule has 2 fully saturated rings. The first-order valence-corrected chi connectivity index (χ1v) is 12.3. The lowest BCUT2D eigenvalue weighted by molar-refractivity contribution is -0.133. The highest BCUT2D eigenvalue weighted by Crippen LogP contribution is 2.27. The van der Waals surface area contributed by atoms with Crippen molar-refractivity contribution in [3.05, 3.63) is 23.4 Å². The minimum Gasteiger partial charge on any atom is -0.472 e. The molecule has 1 aliphatic heterocycles. The zero-order valence-electron chi connectivity index (χ0n) is 20.1. The Labute approximate surface area is 205 Å². The molecule has 3 amide bonds. The lowest BCUT2D eigenvalue weighted by atomic mass is 9.83. The van der Waals surface area contributed by atoms with Gasteiger partial charge in [-0.05, 0) is 45.6 Å². The number of alkyl carbamates (subject to hydrolysis) is 1. The molecule has 1 aromatic rings. The molecule has 0 aromatic carbocycles. The van der Waals surface area contributed by atoms with Crippen molar-refractivity contribution in [2.45, 2.75) is 77.0 Å². The average molecular weight is 495 g/mol. The predicted molar refractivity (Wildman–Crippen MR) is 128 cm³/mol. The molecule has 1 aromatic heterocycles. The number of pyridine rings is 1. The van der Waals surface area contributed by atoms with Gasteiger partial charge in [0.2, 0.25) is 17.7 Å². The van der Waals surface area contributed by atoms with Crippen molar-refractivity contribution < 1.29 is 23.9 Å². The smallest absolute Gasteiger partial charge is 0.408 e. The van der Waals surface area contributed by atoms with E-state index in [4.69, 9.17) is 21.1 Å². The number of ether oxygens (including phenoxy) is 2. The molecule has 2 heterocycles. The molecule has 188 valence electrons. The maximum atomic E-state index is 13.0. The molecule has 0 radical (unpaired) electrons. The number of nitrogens with one attached hydrogen (secondary N) is 2. The molecule has 0 spiro atoms. The largest absolute Gasteiger partial charge is 0.472 e. The molecule has 1 saturated carbocycles. The Morgan fingerprint density at radius 1 is 1.18 bits per heavy atom. The first kappa shape index (κ1) is 26.1. The van der Waals surface area contributed by atoms with Gasteiger partial charge in [-0.1, -0.05) is 30.9 Å². The average Bonchev–Trinajstić information content (AvgIpc) is 3.25. The number of amides is 3. The van der Waals surface area contributed by atoms with Crippen molar-refractivity contribution in [3.63, 3.8) is 0 Å². The van der Waals surface area contributed by atoms with Crippen LogP contribution in [0.2, 0.25) is 5.02 Å². The summed E-state index contributed by atoms with van der Waals surface area (Å²) in [6.45, 7) is 6.14. The molecule has 0 bridgehead atoms. The van der Waals surface area contributed by atoms with Crippen molar-refractivity contribution in [2.24, 2.45) is 5.92 Å². The van der Waals surface area contributed by atoms with E-state index in [0.717, 1.165) is 32.1 Å². The van der Waals surface area contributed by atoms with E-state index in [-0.39, 0.29) is 30.4 Å². The van der Waals surface area contributed by atoms with E-state index in [1.54, 1.807) is 37.8 Å². The van der Waals surface area contributed by atoms with E-state index in [1.165, 1.54) is 6.20 Å². The van der Waals surface area contributed by atoms with Crippen LogP contribution in [-0.2, 0) is 14.3 Å². The summed E-state index contributed by atoms with van der Waals surface area (Å²) in [7, 11) is 0. The number of likely N-dealkylation sites (tertiary alicyclic amines) is 1. The fourth-order valence-corrected chi connectivity index (χ4v) is 4.45. The highest BCUT2D eigenvalue weighted by molar-refractivity contribution is 6.30. The molecule has 10 heteroatoms. The Kier molecular flexibility index (Phi) is 8.99. The third kappa shape index (κ3) is 8.04. The zero-order valence-corrected chi connectivity index (χ0v) is 20.9. The van der Waals surface area contributed by atoms with Crippen LogP contribution in [0.3, 0.4) is 0 Å². The summed E-state index contributed by atoms with van der Waals surface area (Å²) in [5, 5.41) is 5.99. The topological polar surface area (TPSA) is 110 Å². The Morgan fingerprint density at radius 2 is 1.91 bits per heavy atom. The van der Waals surface area contributed by atoms with Gasteiger partial charge >= 0.3 is 6.09 Å². The van der Waals surface area contributed by atoms with Crippen LogP contribution < -0.4 is 15.4 Å². The van der Waals surface area contributed by atoms with Gasteiger partial charge in [0, 0.05) is 25.2 Å². The number of aromatic nitrogens is 1. The Hall–Kier alpha value is -2.55. The van der Waals surface area contributed by atoms with Gasteiger partial charge in [0.05, 0.1) is 18.1 Å². The number of halogens is 1. The minimum atomic E-state index is -0.728. The van der Waals surface area contributed by atoms with E-state index in [2.05, 4.69) is 15.6 Å². The first-order chi connectivity index (χ1) is 16.1. The van der Waals surface area contributed by atoms with Crippen LogP contribution in [0, 0.1) is 5.92 Å². The number of hydrogen-bond acceptors (Lipinski definition) is 6. The fourth-order valence-electron chi connectivity index (χ4n) is 4.34. The lowest BCUT2D eigenvalue weighted by Crippen LogP contribution is -2.53. The monoisotopic (exact) mass is 494 g/mol. The Balaban J connectivity index is 1.51. The third-order valence-corrected chi connectivity index (χ3v) is 6.20. The summed E-state index contributed by atoms with van der Waals surface area (Å²) in [6.07, 6.45) is 6.25. The molecule has 2 atom stereocenters. The van der Waals surface area contributed by atoms with Crippen molar-refractivity contribution in [3.8, 4) is 5.88 Å². The van der Waals surface area contributed by atoms with Crippen molar-refractivity contribution in [1.82, 2.24) is 20.5 Å². The van der Waals surface area contributed by atoms with Crippen LogP contribution in [0.5, 0.6) is 5.88 Å². The van der Waals surface area contributed by atoms with Gasteiger partial charge in [-0.25, -0.2) is 9.78 Å². The number of nitrogens with zero attached hydrogens (tertiary/aromatic N) is 2. The fraction of sp³-hybridized carbons (Fsp3) is 0.667. The standard InChI is InChI=1S/C24H35ClN4O5/c1-24(2,3)34-23(32)28-21(16-7-5-4-6-8-16)22(31)27-14-20(30)29-12-11-18(15-29)33-19-10-9-17(25)13-26-19/h9-10,13,16,18,21H,4-8,11-12,14-15H2,1-3H3,(H,27,31)(H,28,32). The van der Waals surface area contributed by atoms with E-state index >= 15 is 0 Å². The first-order valence-electron chi connectivity index (χ1n) is 11.9. The van der Waals surface area contributed by atoms with Gasteiger partial charge < -0.3 is 25.0 Å². The summed E-state index contributed by atoms with van der Waals surface area (Å²) in [5.74, 6) is -0.0694. The summed E-state index contributed by atoms with van der Waals surface area (Å²) >= 11 is 5.85. The lowest BCUT2D eigenvalue weighted by Gasteiger charge is -2.31. The molecule has 34 heavy (non-hydrogen) atoms. The number of carbonyl (C=O) groups is 3. The van der Waals surface area contributed by atoms with Crippen LogP contribution >= 0.6 is 11.6 Å². The molecule has 2 unspecified atom stereocenters. The van der Waals surface area contributed by atoms with Crippen LogP contribution in [0.1, 0.15) is 59.3 Å². The maximum Gasteiger partial charge on any atom is 0.408 e. The normalized spacial score (nSPS) is 19.9. The van der Waals surface area contributed by atoms with Crippen molar-refractivity contribution >= 4 is 29.5 Å². The molecule has 9 nitrogen and oxygen atoms in total. The molecule has 3 rings (SSSR count). The highest BCUT2D eigenvalue weighted by Gasteiger charge is 2.33. The van der Waals surface area contributed by atoms with Gasteiger partial charge in [0.1, 0.15) is 17.7 Å². The van der Waals surface area contributed by atoms with Crippen molar-refractivity contribution in [1.29, 1.82) is 0 Å². The summed E-state index contributed by atoms with van der Waals surface area (Å²) in [4.78, 5) is 43.9. The quantitative estimate of drug-likeness (QED) is 0.601. The molecular weight excluding hydrogens is 460 g/mol. The molecule has 2 aliphatic rings. The second-order valence-corrected chi connectivity index (χ2v) is 10.4. The third-order valence-electron chi connectivity index (χ3n) is 5.98. The summed E-state index contributed by atoms with van der Waals surface area (Å²) in [6, 6.07) is 2.66. The van der Waals surface area contributed by atoms with Crippen LogP contribution in [0.25, 0.3) is 0 Å². The van der Waals surface area contributed by atoms with Gasteiger partial charge in [-0.15, -0.1) is 0 Å². The van der Waals surface area contributed by atoms with E-state index in [1.807, 2.05) is 0 Å². The molecule has 1 saturated heterocycles. The second-order valence-electron chi connectivity index (χ2n) is 9.92. The van der Waals surface area contributed by atoms with Crippen LogP contribution in [-0.4, -0.2) is 65.2 Å².